The van der Waals surface area contributed by atoms with E-state index in [0.29, 0.717) is 12.2 Å². The third-order valence-electron chi connectivity index (χ3n) is 4.68. The molecule has 28 heavy (non-hydrogen) atoms. The summed E-state index contributed by atoms with van der Waals surface area (Å²) in [5.74, 6) is 0.546. The maximum Gasteiger partial charge on any atom is 0.221 e. The summed E-state index contributed by atoms with van der Waals surface area (Å²) in [5.41, 5.74) is 2.48. The smallest absolute Gasteiger partial charge is 0.221 e. The standard InChI is InChI=1S/C21H26FN5O/c1-16(28)25-18-7-5-6-17(14-18)15-24-21(23-2)27-12-10-26(11-13-27)20-9-4-3-8-19(20)22/h3-9,14H,10-13,15H2,1-2H3,(H,23,24)(H,25,28). The first kappa shape index (κ1) is 19.7. The van der Waals surface area contributed by atoms with Crippen LogP contribution >= 0.6 is 0 Å². The maximum absolute atomic E-state index is 14.0. The molecule has 6 nitrogen and oxygen atoms in total. The molecule has 0 radical (unpaired) electrons. The number of aliphatic imine (C=N–C) groups is 1. The predicted octanol–water partition coefficient (Wildman–Crippen LogP) is 2.68. The van der Waals surface area contributed by atoms with E-state index in [1.165, 1.54) is 13.0 Å². The van der Waals surface area contributed by atoms with Gasteiger partial charge in [-0.25, -0.2) is 4.39 Å². The third-order valence-corrected chi connectivity index (χ3v) is 4.68. The van der Waals surface area contributed by atoms with E-state index in [2.05, 4.69) is 25.4 Å². The highest BCUT2D eigenvalue weighted by molar-refractivity contribution is 5.88. The number of nitrogens with one attached hydrogen (secondary N) is 2. The van der Waals surface area contributed by atoms with Crippen molar-refractivity contribution < 1.29 is 9.18 Å². The number of carbonyl (C=O) groups is 1. The fourth-order valence-electron chi connectivity index (χ4n) is 3.34. The number of para-hydroxylation sites is 1. The number of rotatable bonds is 4. The molecule has 2 aromatic carbocycles. The summed E-state index contributed by atoms with van der Waals surface area (Å²) in [6.45, 7) is 5.10. The summed E-state index contributed by atoms with van der Waals surface area (Å²) in [7, 11) is 1.76. The average molecular weight is 383 g/mol. The van der Waals surface area contributed by atoms with E-state index in [-0.39, 0.29) is 11.7 Å². The van der Waals surface area contributed by atoms with Crippen LogP contribution in [0.3, 0.4) is 0 Å². The molecule has 0 unspecified atom stereocenters. The van der Waals surface area contributed by atoms with Gasteiger partial charge in [0.2, 0.25) is 5.91 Å². The minimum atomic E-state index is -0.183. The number of amides is 1. The van der Waals surface area contributed by atoms with Gasteiger partial charge in [0, 0.05) is 52.4 Å². The van der Waals surface area contributed by atoms with Gasteiger partial charge >= 0.3 is 0 Å². The molecule has 0 aliphatic carbocycles. The van der Waals surface area contributed by atoms with E-state index >= 15 is 0 Å². The lowest BCUT2D eigenvalue weighted by atomic mass is 10.2. The Kier molecular flexibility index (Phi) is 6.47. The molecular weight excluding hydrogens is 357 g/mol. The van der Waals surface area contributed by atoms with Gasteiger partial charge in [0.05, 0.1) is 5.69 Å². The number of carbonyl (C=O) groups excluding carboxylic acids is 1. The summed E-state index contributed by atoms with van der Waals surface area (Å²) in [4.78, 5) is 19.8. The Labute approximate surface area is 165 Å². The number of hydrogen-bond acceptors (Lipinski definition) is 3. The monoisotopic (exact) mass is 383 g/mol. The summed E-state index contributed by atoms with van der Waals surface area (Å²) in [6, 6.07) is 14.6. The molecule has 7 heteroatoms. The van der Waals surface area contributed by atoms with Crippen molar-refractivity contribution in [3.63, 3.8) is 0 Å². The highest BCUT2D eigenvalue weighted by Crippen LogP contribution is 2.20. The summed E-state index contributed by atoms with van der Waals surface area (Å²) >= 11 is 0. The summed E-state index contributed by atoms with van der Waals surface area (Å²) in [5, 5.41) is 6.16. The van der Waals surface area contributed by atoms with Crippen molar-refractivity contribution in [1.82, 2.24) is 10.2 Å². The number of halogens is 1. The molecule has 1 aliphatic heterocycles. The first-order chi connectivity index (χ1) is 13.6. The molecule has 0 bridgehead atoms. The predicted molar refractivity (Wildman–Crippen MR) is 111 cm³/mol. The second-order valence-electron chi connectivity index (χ2n) is 6.71. The Morgan fingerprint density at radius 3 is 2.54 bits per heavy atom. The molecule has 1 heterocycles. The van der Waals surface area contributed by atoms with Crippen molar-refractivity contribution in [3.05, 3.63) is 59.9 Å². The molecule has 148 valence electrons. The molecule has 1 amide bonds. The van der Waals surface area contributed by atoms with Crippen molar-refractivity contribution >= 4 is 23.2 Å². The lowest BCUT2D eigenvalue weighted by Gasteiger charge is -2.37. The van der Waals surface area contributed by atoms with Crippen molar-refractivity contribution in [2.45, 2.75) is 13.5 Å². The van der Waals surface area contributed by atoms with Crippen molar-refractivity contribution in [2.75, 3.05) is 43.4 Å². The van der Waals surface area contributed by atoms with Gasteiger partial charge in [-0.1, -0.05) is 24.3 Å². The number of nitrogens with zero attached hydrogens (tertiary/aromatic N) is 3. The normalized spacial score (nSPS) is 14.8. The zero-order valence-corrected chi connectivity index (χ0v) is 16.3. The fraction of sp³-hybridized carbons (Fsp3) is 0.333. The molecule has 0 atom stereocenters. The molecule has 1 fully saturated rings. The fourth-order valence-corrected chi connectivity index (χ4v) is 3.34. The molecule has 0 aromatic heterocycles. The van der Waals surface area contributed by atoms with Crippen LogP contribution in [0, 0.1) is 5.82 Å². The highest BCUT2D eigenvalue weighted by Gasteiger charge is 2.21. The molecule has 3 rings (SSSR count). The molecule has 2 aromatic rings. The van der Waals surface area contributed by atoms with Crippen LogP contribution < -0.4 is 15.5 Å². The van der Waals surface area contributed by atoms with Crippen molar-refractivity contribution in [3.8, 4) is 0 Å². The quantitative estimate of drug-likeness (QED) is 0.630. The molecule has 1 saturated heterocycles. The highest BCUT2D eigenvalue weighted by atomic mass is 19.1. The van der Waals surface area contributed by atoms with Crippen molar-refractivity contribution in [2.24, 2.45) is 4.99 Å². The minimum absolute atomic E-state index is 0.0892. The zero-order valence-electron chi connectivity index (χ0n) is 16.3. The Hall–Kier alpha value is -3.09. The van der Waals surface area contributed by atoms with Crippen LogP contribution in [-0.2, 0) is 11.3 Å². The maximum atomic E-state index is 14.0. The zero-order chi connectivity index (χ0) is 19.9. The van der Waals surface area contributed by atoms with E-state index in [1.807, 2.05) is 36.4 Å². The first-order valence-electron chi connectivity index (χ1n) is 9.38. The van der Waals surface area contributed by atoms with Crippen LogP contribution in [0.25, 0.3) is 0 Å². The van der Waals surface area contributed by atoms with Gasteiger partial charge in [-0.2, -0.15) is 0 Å². The molecule has 1 aliphatic rings. The van der Waals surface area contributed by atoms with Crippen LogP contribution in [0.4, 0.5) is 15.8 Å². The molecule has 0 spiro atoms. The van der Waals surface area contributed by atoms with Gasteiger partial charge in [-0.15, -0.1) is 0 Å². The number of guanidine groups is 1. The molecule has 2 N–H and O–H groups in total. The summed E-state index contributed by atoms with van der Waals surface area (Å²) in [6.07, 6.45) is 0. The number of benzene rings is 2. The average Bonchev–Trinajstić information content (AvgIpc) is 2.69. The first-order valence-corrected chi connectivity index (χ1v) is 9.38. The van der Waals surface area contributed by atoms with Gasteiger partial charge < -0.3 is 20.4 Å². The van der Waals surface area contributed by atoms with Crippen LogP contribution in [0.2, 0.25) is 0 Å². The van der Waals surface area contributed by atoms with E-state index in [0.717, 1.165) is 43.4 Å². The van der Waals surface area contributed by atoms with Crippen molar-refractivity contribution in [1.29, 1.82) is 0 Å². The minimum Gasteiger partial charge on any atom is -0.366 e. The number of hydrogen-bond donors (Lipinski definition) is 2. The van der Waals surface area contributed by atoms with Crippen LogP contribution in [-0.4, -0.2) is 50.0 Å². The molecule has 0 saturated carbocycles. The van der Waals surface area contributed by atoms with Gasteiger partial charge in [0.15, 0.2) is 5.96 Å². The van der Waals surface area contributed by atoms with Gasteiger partial charge in [-0.3, -0.25) is 9.79 Å². The van der Waals surface area contributed by atoms with Crippen LogP contribution in [0.15, 0.2) is 53.5 Å². The van der Waals surface area contributed by atoms with E-state index < -0.39 is 0 Å². The lowest BCUT2D eigenvalue weighted by Crippen LogP contribution is -2.52. The second kappa shape index (κ2) is 9.21. The van der Waals surface area contributed by atoms with Crippen LogP contribution in [0.5, 0.6) is 0 Å². The van der Waals surface area contributed by atoms with Gasteiger partial charge in [0.1, 0.15) is 5.82 Å². The number of anilines is 2. The van der Waals surface area contributed by atoms with Gasteiger partial charge in [0.25, 0.3) is 0 Å². The Morgan fingerprint density at radius 2 is 1.86 bits per heavy atom. The SMILES string of the molecule is CN=C(NCc1cccc(NC(C)=O)c1)N1CCN(c2ccccc2F)CC1. The Bertz CT molecular complexity index is 846. The van der Waals surface area contributed by atoms with Gasteiger partial charge in [-0.05, 0) is 29.8 Å². The topological polar surface area (TPSA) is 60.0 Å². The third kappa shape index (κ3) is 5.00. The Balaban J connectivity index is 1.55. The largest absolute Gasteiger partial charge is 0.366 e. The van der Waals surface area contributed by atoms with E-state index in [4.69, 9.17) is 0 Å². The lowest BCUT2D eigenvalue weighted by molar-refractivity contribution is -0.114. The summed E-state index contributed by atoms with van der Waals surface area (Å²) < 4.78 is 14.0. The van der Waals surface area contributed by atoms with Crippen LogP contribution in [0.1, 0.15) is 12.5 Å². The molecular formula is C21H26FN5O. The van der Waals surface area contributed by atoms with E-state index in [1.54, 1.807) is 13.1 Å². The Morgan fingerprint density at radius 1 is 1.11 bits per heavy atom. The van der Waals surface area contributed by atoms with E-state index in [9.17, 15) is 9.18 Å². The number of piperazine rings is 1. The second-order valence-corrected chi connectivity index (χ2v) is 6.71.